The van der Waals surface area contributed by atoms with E-state index in [1.165, 1.54) is 24.3 Å². The monoisotopic (exact) mass is 529 g/mol. The standard InChI is InChI=1S/C22H26N4O9.K/c1-2-35-20-13-17(24-23-16-3-6-18(7-4-16)26(31)32)5-8-19(20)25(9-11-33-14-21(27)28)10-12-34-15-22(29)30;/h3-8,13H,2,9-12,14-15H2,1H3,(H,27,28)(H,29,30);/q;+1. The van der Waals surface area contributed by atoms with Crippen molar-refractivity contribution in [3.8, 4) is 5.75 Å². The first-order valence-corrected chi connectivity index (χ1v) is 10.6. The van der Waals surface area contributed by atoms with Crippen LogP contribution < -0.4 is 61.0 Å². The van der Waals surface area contributed by atoms with Crippen LogP contribution in [0.25, 0.3) is 0 Å². The predicted molar refractivity (Wildman–Crippen MR) is 124 cm³/mol. The molecule has 2 aromatic carbocycles. The number of carbonyl (C=O) groups is 2. The molecule has 2 N–H and O–H groups in total. The van der Waals surface area contributed by atoms with Gasteiger partial charge in [-0.1, -0.05) is 0 Å². The first kappa shape index (κ1) is 31.6. The zero-order valence-electron chi connectivity index (χ0n) is 20.0. The third kappa shape index (κ3) is 11.5. The number of nitrogens with zero attached hydrogens (tertiary/aromatic N) is 4. The summed E-state index contributed by atoms with van der Waals surface area (Å²) < 4.78 is 16.0. The molecule has 0 amide bonds. The summed E-state index contributed by atoms with van der Waals surface area (Å²) >= 11 is 0. The van der Waals surface area contributed by atoms with E-state index in [1.54, 1.807) is 18.2 Å². The van der Waals surface area contributed by atoms with Gasteiger partial charge in [0.15, 0.2) is 0 Å². The summed E-state index contributed by atoms with van der Waals surface area (Å²) in [6.07, 6.45) is 0. The van der Waals surface area contributed by atoms with Crippen LogP contribution in [0.1, 0.15) is 6.92 Å². The van der Waals surface area contributed by atoms with E-state index in [1.807, 2.05) is 11.8 Å². The molecule has 0 radical (unpaired) electrons. The number of carboxylic acids is 2. The molecule has 0 fully saturated rings. The fraction of sp³-hybridized carbons (Fsp3) is 0.364. The van der Waals surface area contributed by atoms with E-state index in [2.05, 4.69) is 10.2 Å². The van der Waals surface area contributed by atoms with Crippen LogP contribution in [0, 0.1) is 10.1 Å². The predicted octanol–water partition coefficient (Wildman–Crippen LogP) is 0.422. The van der Waals surface area contributed by atoms with Gasteiger partial charge in [-0.2, -0.15) is 10.2 Å². The summed E-state index contributed by atoms with van der Waals surface area (Å²) in [4.78, 5) is 33.5. The number of ether oxygens (including phenoxy) is 3. The molecule has 0 unspecified atom stereocenters. The van der Waals surface area contributed by atoms with Gasteiger partial charge in [0.2, 0.25) is 0 Å². The molecular weight excluding hydrogens is 503 g/mol. The average Bonchev–Trinajstić information content (AvgIpc) is 2.82. The molecule has 0 atom stereocenters. The molecule has 0 bridgehead atoms. The number of carboxylic acid groups (broad SMARTS) is 2. The number of non-ortho nitro benzene ring substituents is 1. The first-order chi connectivity index (χ1) is 16.8. The van der Waals surface area contributed by atoms with Gasteiger partial charge >= 0.3 is 63.3 Å². The minimum atomic E-state index is -1.08. The molecule has 188 valence electrons. The van der Waals surface area contributed by atoms with Gasteiger partial charge in [0.1, 0.15) is 19.0 Å². The largest absolute Gasteiger partial charge is 1.00 e. The zero-order chi connectivity index (χ0) is 25.6. The Kier molecular flexibility index (Phi) is 15.0. The number of aliphatic carboxylic acids is 2. The Bertz CT molecular complexity index is 1010. The van der Waals surface area contributed by atoms with Gasteiger partial charge in [0.05, 0.1) is 41.8 Å². The van der Waals surface area contributed by atoms with Gasteiger partial charge < -0.3 is 29.3 Å². The minimum absolute atomic E-state index is 0. The summed E-state index contributed by atoms with van der Waals surface area (Å²) in [7, 11) is 0. The van der Waals surface area contributed by atoms with Crippen molar-refractivity contribution in [1.82, 2.24) is 0 Å². The summed E-state index contributed by atoms with van der Waals surface area (Å²) in [5.41, 5.74) is 1.51. The summed E-state index contributed by atoms with van der Waals surface area (Å²) in [6.45, 7) is 2.10. The van der Waals surface area contributed by atoms with Crippen molar-refractivity contribution < 1.29 is 90.3 Å². The maximum Gasteiger partial charge on any atom is 1.00 e. The fourth-order valence-electron chi connectivity index (χ4n) is 2.88. The Labute approximate surface area is 249 Å². The van der Waals surface area contributed by atoms with Crippen molar-refractivity contribution in [2.24, 2.45) is 10.2 Å². The number of benzene rings is 2. The molecule has 0 aliphatic rings. The number of anilines is 1. The van der Waals surface area contributed by atoms with Crippen LogP contribution >= 0.6 is 0 Å². The first-order valence-electron chi connectivity index (χ1n) is 10.6. The number of rotatable bonds is 16. The molecule has 2 aromatic rings. The van der Waals surface area contributed by atoms with Crippen molar-refractivity contribution in [3.63, 3.8) is 0 Å². The van der Waals surface area contributed by atoms with Gasteiger partial charge in [-0.05, 0) is 31.2 Å². The molecule has 0 heterocycles. The van der Waals surface area contributed by atoms with Gasteiger partial charge in [0, 0.05) is 31.3 Å². The van der Waals surface area contributed by atoms with Crippen LogP contribution in [-0.2, 0) is 19.1 Å². The Morgan fingerprint density at radius 3 is 1.97 bits per heavy atom. The fourth-order valence-corrected chi connectivity index (χ4v) is 2.88. The number of nitro benzene ring substituents is 1. The smallest absolute Gasteiger partial charge is 0.492 e. The van der Waals surface area contributed by atoms with Crippen molar-refractivity contribution in [1.29, 1.82) is 0 Å². The number of azo groups is 1. The molecule has 0 spiro atoms. The van der Waals surface area contributed by atoms with Crippen LogP contribution in [-0.4, -0.2) is 73.2 Å². The molecule has 0 saturated carbocycles. The van der Waals surface area contributed by atoms with Gasteiger partial charge in [-0.25, -0.2) is 9.59 Å². The molecule has 13 nitrogen and oxygen atoms in total. The SMILES string of the molecule is CCOc1cc(N=Nc2ccc([N+](=O)[O-])cc2)ccc1N(CCOCC(=O)O)CCOCC(=O)O.[K+]. The number of hydrogen-bond acceptors (Lipinski definition) is 10. The molecule has 0 saturated heterocycles. The van der Waals surface area contributed by atoms with E-state index in [9.17, 15) is 19.7 Å². The van der Waals surface area contributed by atoms with Gasteiger partial charge in [0.25, 0.3) is 5.69 Å². The van der Waals surface area contributed by atoms with Gasteiger partial charge in [-0.3, -0.25) is 10.1 Å². The van der Waals surface area contributed by atoms with E-state index < -0.39 is 30.1 Å². The van der Waals surface area contributed by atoms with Crippen LogP contribution in [0.2, 0.25) is 0 Å². The van der Waals surface area contributed by atoms with Crippen molar-refractivity contribution in [3.05, 3.63) is 52.6 Å². The van der Waals surface area contributed by atoms with Crippen LogP contribution in [0.4, 0.5) is 22.7 Å². The van der Waals surface area contributed by atoms with E-state index >= 15 is 0 Å². The maximum atomic E-state index is 10.8. The number of nitro groups is 1. The third-order valence-electron chi connectivity index (χ3n) is 4.39. The minimum Gasteiger partial charge on any atom is -0.492 e. The number of hydrogen-bond donors (Lipinski definition) is 2. The Balaban J connectivity index is 0.00000648. The van der Waals surface area contributed by atoms with E-state index in [0.29, 0.717) is 42.5 Å². The average molecular weight is 530 g/mol. The van der Waals surface area contributed by atoms with Crippen LogP contribution in [0.3, 0.4) is 0 Å². The topological polar surface area (TPSA) is 173 Å². The summed E-state index contributed by atoms with van der Waals surface area (Å²) in [5, 5.41) is 36.5. The second-order valence-corrected chi connectivity index (χ2v) is 6.94. The molecule has 0 aliphatic heterocycles. The van der Waals surface area contributed by atoms with E-state index in [4.69, 9.17) is 24.4 Å². The molecule has 2 rings (SSSR count). The maximum absolute atomic E-state index is 10.8. The van der Waals surface area contributed by atoms with Crippen molar-refractivity contribution >= 4 is 34.7 Å². The normalized spacial score (nSPS) is 10.6. The molecule has 0 aromatic heterocycles. The Morgan fingerprint density at radius 1 is 0.944 bits per heavy atom. The van der Waals surface area contributed by atoms with E-state index in [-0.39, 0.29) is 70.3 Å². The van der Waals surface area contributed by atoms with Crippen LogP contribution in [0.5, 0.6) is 5.75 Å². The summed E-state index contributed by atoms with van der Waals surface area (Å²) in [6, 6.07) is 10.7. The van der Waals surface area contributed by atoms with E-state index in [0.717, 1.165) is 0 Å². The second kappa shape index (κ2) is 17.1. The van der Waals surface area contributed by atoms with Crippen LogP contribution in [0.15, 0.2) is 52.7 Å². The quantitative estimate of drug-likeness (QED) is 0.102. The molecule has 0 aliphatic carbocycles. The van der Waals surface area contributed by atoms with Crippen molar-refractivity contribution in [2.75, 3.05) is 51.0 Å². The van der Waals surface area contributed by atoms with Crippen molar-refractivity contribution in [2.45, 2.75) is 6.92 Å². The summed E-state index contributed by atoms with van der Waals surface area (Å²) in [5.74, 6) is -1.69. The second-order valence-electron chi connectivity index (χ2n) is 6.94. The third-order valence-corrected chi connectivity index (χ3v) is 4.39. The van der Waals surface area contributed by atoms with Gasteiger partial charge in [-0.15, -0.1) is 0 Å². The molecule has 14 heteroatoms. The molecular formula is C22H26KN4O9+. The Hall–Kier alpha value is -2.46. The molecule has 36 heavy (non-hydrogen) atoms. The zero-order valence-corrected chi connectivity index (χ0v) is 23.2. The Morgan fingerprint density at radius 2 is 1.47 bits per heavy atom.